The molecule has 0 radical (unpaired) electrons. The normalized spacial score (nSPS) is 16.5. The third-order valence-corrected chi connectivity index (χ3v) is 11.2. The Balaban J connectivity index is 1.57. The van der Waals surface area contributed by atoms with Crippen molar-refractivity contribution in [1.82, 2.24) is 4.31 Å². The van der Waals surface area contributed by atoms with Crippen molar-refractivity contribution in [2.24, 2.45) is 0 Å². The van der Waals surface area contributed by atoms with Crippen LogP contribution >= 0.6 is 22.9 Å². The number of piperidine rings is 1. The maximum Gasteiger partial charge on any atom is 0.352 e. The molecule has 266 valence electrons. The van der Waals surface area contributed by atoms with Crippen molar-refractivity contribution >= 4 is 56.3 Å². The molecule has 16 heteroatoms. The monoisotopic (exact) mass is 739 g/mol. The second-order valence-electron chi connectivity index (χ2n) is 13.1. The van der Waals surface area contributed by atoms with E-state index in [1.54, 1.807) is 53.7 Å². The first-order valence-corrected chi connectivity index (χ1v) is 18.3. The van der Waals surface area contributed by atoms with Crippen molar-refractivity contribution in [2.45, 2.75) is 77.3 Å². The van der Waals surface area contributed by atoms with Gasteiger partial charge in [-0.05, 0) is 66.0 Å². The molecule has 0 saturated carbocycles. The van der Waals surface area contributed by atoms with Gasteiger partial charge in [-0.2, -0.15) is 4.31 Å². The number of carbonyl (C=O) groups excluding carboxylic acids is 2. The summed E-state index contributed by atoms with van der Waals surface area (Å²) in [6.45, 7) is 9.99. The molecule has 0 aliphatic carbocycles. The SMILES string of the molecule is CCOC(=O)COc1c(C(=O)OC(C)(C)C)sc(-c2cccc(NC3CCN(S(=O)(=O)Cc4cccc([N+](=O)[O-])c4)C(C)(C)C3)c2F)c1Cl. The number of esters is 2. The summed E-state index contributed by atoms with van der Waals surface area (Å²) in [5, 5.41) is 14.3. The first-order chi connectivity index (χ1) is 22.8. The molecule has 1 saturated heterocycles. The van der Waals surface area contributed by atoms with Crippen molar-refractivity contribution in [3.8, 4) is 16.2 Å². The van der Waals surface area contributed by atoms with Gasteiger partial charge >= 0.3 is 11.9 Å². The highest BCUT2D eigenvalue weighted by Gasteiger charge is 2.42. The van der Waals surface area contributed by atoms with E-state index in [2.05, 4.69) is 5.32 Å². The first-order valence-electron chi connectivity index (χ1n) is 15.5. The number of rotatable bonds is 12. The van der Waals surface area contributed by atoms with E-state index >= 15 is 4.39 Å². The highest BCUT2D eigenvalue weighted by atomic mass is 35.5. The molecule has 49 heavy (non-hydrogen) atoms. The number of halogens is 2. The molecule has 4 rings (SSSR count). The Morgan fingerprint density at radius 1 is 1.20 bits per heavy atom. The number of hydrogen-bond acceptors (Lipinski definition) is 11. The van der Waals surface area contributed by atoms with Crippen LogP contribution in [0, 0.1) is 15.9 Å². The van der Waals surface area contributed by atoms with Gasteiger partial charge in [0.05, 0.1) is 27.8 Å². The van der Waals surface area contributed by atoms with Crippen LogP contribution in [0.4, 0.5) is 15.8 Å². The van der Waals surface area contributed by atoms with Gasteiger partial charge in [0.15, 0.2) is 23.1 Å². The van der Waals surface area contributed by atoms with Gasteiger partial charge in [-0.25, -0.2) is 22.4 Å². The van der Waals surface area contributed by atoms with Crippen molar-refractivity contribution in [1.29, 1.82) is 0 Å². The lowest BCUT2D eigenvalue weighted by Crippen LogP contribution is -2.55. The fraction of sp³-hybridized carbons (Fsp3) is 0.455. The van der Waals surface area contributed by atoms with E-state index in [1.165, 1.54) is 34.6 Å². The van der Waals surface area contributed by atoms with Crippen LogP contribution in [0.5, 0.6) is 5.75 Å². The smallest absolute Gasteiger partial charge is 0.352 e. The number of ether oxygens (including phenoxy) is 3. The summed E-state index contributed by atoms with van der Waals surface area (Å²) in [5.74, 6) is -2.61. The van der Waals surface area contributed by atoms with Crippen LogP contribution in [-0.4, -0.2) is 66.5 Å². The molecule has 0 spiro atoms. The average Bonchev–Trinajstić information content (AvgIpc) is 3.31. The minimum Gasteiger partial charge on any atom is -0.479 e. The molecule has 1 aliphatic rings. The Hall–Kier alpha value is -3.79. The summed E-state index contributed by atoms with van der Waals surface area (Å²) < 4.78 is 60.6. The number of benzene rings is 2. The minimum atomic E-state index is -3.86. The van der Waals surface area contributed by atoms with E-state index in [9.17, 15) is 28.1 Å². The third-order valence-electron chi connectivity index (χ3n) is 7.54. The van der Waals surface area contributed by atoms with Crippen molar-refractivity contribution in [3.63, 3.8) is 0 Å². The van der Waals surface area contributed by atoms with Crippen LogP contribution in [-0.2, 0) is 30.0 Å². The van der Waals surface area contributed by atoms with Gasteiger partial charge in [-0.3, -0.25) is 10.1 Å². The van der Waals surface area contributed by atoms with Gasteiger partial charge in [0.2, 0.25) is 10.0 Å². The maximum absolute atomic E-state index is 16.2. The van der Waals surface area contributed by atoms with E-state index in [-0.39, 0.29) is 56.7 Å². The number of anilines is 1. The molecule has 1 fully saturated rings. The minimum absolute atomic E-state index is 0.0441. The number of carbonyl (C=O) groups is 2. The molecule has 1 aliphatic heterocycles. The molecule has 0 amide bonds. The lowest BCUT2D eigenvalue weighted by Gasteiger charge is -2.45. The zero-order valence-electron chi connectivity index (χ0n) is 28.0. The Kier molecular flexibility index (Phi) is 11.6. The lowest BCUT2D eigenvalue weighted by atomic mass is 9.89. The second kappa shape index (κ2) is 15.0. The molecule has 3 aromatic rings. The average molecular weight is 740 g/mol. The quantitative estimate of drug-likeness (QED) is 0.115. The van der Waals surface area contributed by atoms with E-state index in [4.69, 9.17) is 25.8 Å². The van der Waals surface area contributed by atoms with Crippen LogP contribution < -0.4 is 10.1 Å². The largest absolute Gasteiger partial charge is 0.479 e. The van der Waals surface area contributed by atoms with Gasteiger partial charge in [-0.1, -0.05) is 35.9 Å². The maximum atomic E-state index is 16.2. The fourth-order valence-electron chi connectivity index (χ4n) is 5.60. The van der Waals surface area contributed by atoms with Gasteiger partial charge in [-0.15, -0.1) is 11.3 Å². The van der Waals surface area contributed by atoms with Crippen molar-refractivity contribution in [2.75, 3.05) is 25.1 Å². The Morgan fingerprint density at radius 2 is 1.90 bits per heavy atom. The molecule has 1 aromatic heterocycles. The van der Waals surface area contributed by atoms with Gasteiger partial charge in [0.1, 0.15) is 10.6 Å². The second-order valence-corrected chi connectivity index (χ2v) is 16.4. The lowest BCUT2D eigenvalue weighted by molar-refractivity contribution is -0.384. The van der Waals surface area contributed by atoms with Crippen LogP contribution in [0.15, 0.2) is 42.5 Å². The van der Waals surface area contributed by atoms with E-state index in [1.807, 2.05) is 0 Å². The predicted octanol–water partition coefficient (Wildman–Crippen LogP) is 7.20. The van der Waals surface area contributed by atoms with Gasteiger partial charge in [0.25, 0.3) is 5.69 Å². The van der Waals surface area contributed by atoms with Crippen LogP contribution in [0.3, 0.4) is 0 Å². The first kappa shape index (κ1) is 38.0. The zero-order chi connectivity index (χ0) is 36.3. The third kappa shape index (κ3) is 9.26. The van der Waals surface area contributed by atoms with E-state index < -0.39 is 56.2 Å². The van der Waals surface area contributed by atoms with Crippen molar-refractivity contribution < 1.29 is 41.5 Å². The summed E-state index contributed by atoms with van der Waals surface area (Å²) >= 11 is 7.54. The molecule has 0 bridgehead atoms. The molecule has 2 heterocycles. The topological polar surface area (TPSA) is 154 Å². The molecule has 1 unspecified atom stereocenters. The highest BCUT2D eigenvalue weighted by Crippen LogP contribution is 2.47. The molecule has 2 aromatic carbocycles. The van der Waals surface area contributed by atoms with E-state index in [0.717, 1.165) is 11.3 Å². The van der Waals surface area contributed by atoms with E-state index in [0.29, 0.717) is 18.4 Å². The number of nitro groups is 1. The molecule has 1 N–H and O–H groups in total. The number of thiophene rings is 1. The molecule has 12 nitrogen and oxygen atoms in total. The number of nitro benzene ring substituents is 1. The summed E-state index contributed by atoms with van der Waals surface area (Å²) in [4.78, 5) is 35.9. The van der Waals surface area contributed by atoms with Crippen LogP contribution in [0.25, 0.3) is 10.4 Å². The summed E-state index contributed by atoms with van der Waals surface area (Å²) in [6, 6.07) is 9.89. The number of sulfonamides is 1. The molecular weight excluding hydrogens is 701 g/mol. The molecule has 1 atom stereocenters. The Labute approximate surface area is 293 Å². The fourth-order valence-corrected chi connectivity index (χ4v) is 9.02. The van der Waals surface area contributed by atoms with Crippen LogP contribution in [0.1, 0.15) is 69.6 Å². The standard InChI is InChI=1S/C33H39ClFN3O9S2/c1-7-45-25(39)18-46-28-26(34)29(48-30(28)31(40)47-32(2,3)4)23-12-9-13-24(27(23)35)36-21-14-15-37(33(5,6)17-21)49(43,44)19-20-10-8-11-22(16-20)38(41)42/h8-13,16,21,36H,7,14-15,17-19H2,1-6H3. The molecular formula is C33H39ClFN3O9S2. The van der Waals surface area contributed by atoms with Crippen LogP contribution in [0.2, 0.25) is 5.02 Å². The number of non-ortho nitro benzene ring substituents is 1. The Bertz CT molecular complexity index is 1840. The predicted molar refractivity (Wildman–Crippen MR) is 185 cm³/mol. The highest BCUT2D eigenvalue weighted by molar-refractivity contribution is 7.88. The number of hydrogen-bond donors (Lipinski definition) is 1. The summed E-state index contributed by atoms with van der Waals surface area (Å²) in [7, 11) is -3.86. The summed E-state index contributed by atoms with van der Waals surface area (Å²) in [5.41, 5.74) is -1.39. The van der Waals surface area contributed by atoms with Crippen molar-refractivity contribution in [3.05, 3.63) is 73.9 Å². The van der Waals surface area contributed by atoms with Gasteiger partial charge < -0.3 is 19.5 Å². The number of nitrogens with zero attached hydrogens (tertiary/aromatic N) is 2. The van der Waals surface area contributed by atoms with Gasteiger partial charge in [0, 0.05) is 35.8 Å². The Morgan fingerprint density at radius 3 is 2.53 bits per heavy atom. The zero-order valence-corrected chi connectivity index (χ0v) is 30.4. The summed E-state index contributed by atoms with van der Waals surface area (Å²) in [6.07, 6.45) is 0.689. The number of nitrogens with one attached hydrogen (secondary N) is 1.